The van der Waals surface area contributed by atoms with Crippen LogP contribution >= 0.6 is 0 Å². The van der Waals surface area contributed by atoms with E-state index in [1.807, 2.05) is 30.3 Å². The number of benzene rings is 3. The van der Waals surface area contributed by atoms with Crippen LogP contribution in [0.25, 0.3) is 0 Å². The minimum atomic E-state index is -0.717. The largest absolute Gasteiger partial charge is 0.497 e. The highest BCUT2D eigenvalue weighted by Crippen LogP contribution is 2.23. The number of amides is 2. The second kappa shape index (κ2) is 10.4. The Kier molecular flexibility index (Phi) is 7.35. The Morgan fingerprint density at radius 2 is 1.61 bits per heavy atom. The van der Waals surface area contributed by atoms with Crippen molar-refractivity contribution in [2.75, 3.05) is 31.3 Å². The molecule has 3 aromatic rings. The maximum absolute atomic E-state index is 13.4. The average molecular weight is 421 g/mol. The van der Waals surface area contributed by atoms with E-state index in [4.69, 9.17) is 4.74 Å². The molecule has 3 rings (SSSR count). The van der Waals surface area contributed by atoms with Crippen LogP contribution in [0.4, 0.5) is 15.8 Å². The lowest BCUT2D eigenvalue weighted by Crippen LogP contribution is -2.39. The van der Waals surface area contributed by atoms with Crippen LogP contribution in [-0.2, 0) is 9.59 Å². The lowest BCUT2D eigenvalue weighted by Gasteiger charge is -2.27. The lowest BCUT2D eigenvalue weighted by molar-refractivity contribution is -0.123. The maximum Gasteiger partial charge on any atom is 0.246 e. The van der Waals surface area contributed by atoms with E-state index in [9.17, 15) is 14.0 Å². The van der Waals surface area contributed by atoms with E-state index in [2.05, 4.69) is 10.6 Å². The van der Waals surface area contributed by atoms with Crippen molar-refractivity contribution in [3.8, 4) is 5.75 Å². The van der Waals surface area contributed by atoms with Crippen LogP contribution in [0.15, 0.2) is 78.9 Å². The maximum atomic E-state index is 13.4. The SMILES string of the molecule is COc1cccc(NC(=O)[C@@H](c2ccccc2)N(C)CC(=O)Nc2cccc(F)c2)c1. The van der Waals surface area contributed by atoms with Crippen LogP contribution in [-0.4, -0.2) is 37.4 Å². The first-order chi connectivity index (χ1) is 15.0. The lowest BCUT2D eigenvalue weighted by atomic mass is 10.0. The molecule has 1 atom stereocenters. The molecule has 0 aromatic heterocycles. The number of carbonyl (C=O) groups excluding carboxylic acids is 2. The van der Waals surface area contributed by atoms with Crippen molar-refractivity contribution in [3.63, 3.8) is 0 Å². The second-order valence-corrected chi connectivity index (χ2v) is 7.01. The Morgan fingerprint density at radius 3 is 2.29 bits per heavy atom. The number of hydrogen-bond donors (Lipinski definition) is 2. The van der Waals surface area contributed by atoms with Gasteiger partial charge < -0.3 is 15.4 Å². The molecular formula is C24H24FN3O3. The Hall–Kier alpha value is -3.71. The molecule has 0 aliphatic heterocycles. The third kappa shape index (κ3) is 6.13. The molecule has 2 amide bonds. The summed E-state index contributed by atoms with van der Waals surface area (Å²) < 4.78 is 18.6. The van der Waals surface area contributed by atoms with Gasteiger partial charge in [-0.2, -0.15) is 0 Å². The molecule has 0 unspecified atom stereocenters. The first kappa shape index (κ1) is 22.0. The number of carbonyl (C=O) groups is 2. The minimum Gasteiger partial charge on any atom is -0.497 e. The van der Waals surface area contributed by atoms with Gasteiger partial charge in [-0.1, -0.05) is 42.5 Å². The number of rotatable bonds is 8. The summed E-state index contributed by atoms with van der Waals surface area (Å²) in [6.45, 7) is -0.0679. The number of anilines is 2. The topological polar surface area (TPSA) is 70.7 Å². The van der Waals surface area contributed by atoms with Crippen LogP contribution in [0.2, 0.25) is 0 Å². The summed E-state index contributed by atoms with van der Waals surface area (Å²) in [5.41, 5.74) is 1.68. The molecule has 0 radical (unpaired) electrons. The molecule has 0 saturated heterocycles. The number of halogens is 1. The molecule has 0 spiro atoms. The number of nitrogens with zero attached hydrogens (tertiary/aromatic N) is 1. The summed E-state index contributed by atoms with van der Waals surface area (Å²) in [6.07, 6.45) is 0. The number of ether oxygens (including phenoxy) is 1. The van der Waals surface area contributed by atoms with Crippen molar-refractivity contribution < 1.29 is 18.7 Å². The van der Waals surface area contributed by atoms with Gasteiger partial charge in [0.2, 0.25) is 11.8 Å². The molecule has 31 heavy (non-hydrogen) atoms. The molecule has 0 bridgehead atoms. The molecule has 7 heteroatoms. The normalized spacial score (nSPS) is 11.6. The molecule has 0 aliphatic rings. The highest BCUT2D eigenvalue weighted by atomic mass is 19.1. The second-order valence-electron chi connectivity index (χ2n) is 7.01. The van der Waals surface area contributed by atoms with E-state index in [1.165, 1.54) is 18.2 Å². The van der Waals surface area contributed by atoms with Crippen molar-refractivity contribution in [1.29, 1.82) is 0 Å². The number of nitrogens with one attached hydrogen (secondary N) is 2. The van der Waals surface area contributed by atoms with E-state index < -0.39 is 11.9 Å². The van der Waals surface area contributed by atoms with Gasteiger partial charge >= 0.3 is 0 Å². The summed E-state index contributed by atoms with van der Waals surface area (Å²) in [6, 6.07) is 21.2. The smallest absolute Gasteiger partial charge is 0.246 e. The highest BCUT2D eigenvalue weighted by molar-refractivity contribution is 5.97. The first-order valence-electron chi connectivity index (χ1n) is 9.72. The summed E-state index contributed by atoms with van der Waals surface area (Å²) in [4.78, 5) is 27.3. The molecule has 0 saturated carbocycles. The first-order valence-corrected chi connectivity index (χ1v) is 9.72. The molecule has 0 fully saturated rings. The molecule has 3 aromatic carbocycles. The Labute approximate surface area is 180 Å². The zero-order chi connectivity index (χ0) is 22.2. The Morgan fingerprint density at radius 1 is 0.935 bits per heavy atom. The quantitative estimate of drug-likeness (QED) is 0.575. The Bertz CT molecular complexity index is 1040. The third-order valence-corrected chi connectivity index (χ3v) is 4.64. The van der Waals surface area contributed by atoms with E-state index in [-0.39, 0.29) is 18.4 Å². The molecule has 6 nitrogen and oxygen atoms in total. The summed E-state index contributed by atoms with van der Waals surface area (Å²) in [7, 11) is 3.24. The van der Waals surface area contributed by atoms with E-state index in [0.717, 1.165) is 5.56 Å². The predicted molar refractivity (Wildman–Crippen MR) is 118 cm³/mol. The van der Waals surface area contributed by atoms with Gasteiger partial charge in [-0.3, -0.25) is 14.5 Å². The summed E-state index contributed by atoms with van der Waals surface area (Å²) in [5.74, 6) is -0.466. The van der Waals surface area contributed by atoms with Gasteiger partial charge in [-0.25, -0.2) is 4.39 Å². The van der Waals surface area contributed by atoms with Crippen molar-refractivity contribution in [2.45, 2.75) is 6.04 Å². The minimum absolute atomic E-state index is 0.0679. The molecule has 160 valence electrons. The molecule has 0 aliphatic carbocycles. The van der Waals surface area contributed by atoms with Crippen LogP contribution < -0.4 is 15.4 Å². The standard InChI is InChI=1S/C24H24FN3O3/c1-28(16-22(29)26-19-11-6-10-18(25)14-19)23(17-8-4-3-5-9-17)24(30)27-20-12-7-13-21(15-20)31-2/h3-15,23H,16H2,1-2H3,(H,26,29)(H,27,30)/t23-/m1/s1. The van der Waals surface area contributed by atoms with Gasteiger partial charge in [0.15, 0.2) is 0 Å². The van der Waals surface area contributed by atoms with Crippen LogP contribution in [0.5, 0.6) is 5.75 Å². The monoisotopic (exact) mass is 421 g/mol. The van der Waals surface area contributed by atoms with Crippen molar-refractivity contribution in [2.24, 2.45) is 0 Å². The highest BCUT2D eigenvalue weighted by Gasteiger charge is 2.27. The van der Waals surface area contributed by atoms with Crippen LogP contribution in [0, 0.1) is 5.82 Å². The zero-order valence-corrected chi connectivity index (χ0v) is 17.3. The van der Waals surface area contributed by atoms with Gasteiger partial charge in [0, 0.05) is 17.4 Å². The fraction of sp³-hybridized carbons (Fsp3) is 0.167. The molecule has 0 heterocycles. The van der Waals surface area contributed by atoms with Crippen LogP contribution in [0.3, 0.4) is 0 Å². The fourth-order valence-electron chi connectivity index (χ4n) is 3.24. The number of hydrogen-bond acceptors (Lipinski definition) is 4. The van der Waals surface area contributed by atoms with Gasteiger partial charge in [0.25, 0.3) is 0 Å². The zero-order valence-electron chi connectivity index (χ0n) is 17.3. The van der Waals surface area contributed by atoms with Gasteiger partial charge in [-0.15, -0.1) is 0 Å². The molecule has 2 N–H and O–H groups in total. The van der Waals surface area contributed by atoms with Gasteiger partial charge in [-0.05, 0) is 42.9 Å². The van der Waals surface area contributed by atoms with Crippen molar-refractivity contribution in [1.82, 2.24) is 4.90 Å². The van der Waals surface area contributed by atoms with Gasteiger partial charge in [0.05, 0.1) is 13.7 Å². The number of likely N-dealkylation sites (N-methyl/N-ethyl adjacent to an activating group) is 1. The summed E-state index contributed by atoms with van der Waals surface area (Å²) in [5, 5.41) is 5.54. The predicted octanol–water partition coefficient (Wildman–Crippen LogP) is 4.08. The fourth-order valence-corrected chi connectivity index (χ4v) is 3.24. The van der Waals surface area contributed by atoms with Crippen molar-refractivity contribution >= 4 is 23.2 Å². The average Bonchev–Trinajstić information content (AvgIpc) is 2.74. The summed E-state index contributed by atoms with van der Waals surface area (Å²) >= 11 is 0. The van der Waals surface area contributed by atoms with Crippen LogP contribution in [0.1, 0.15) is 11.6 Å². The van der Waals surface area contributed by atoms with E-state index in [1.54, 1.807) is 49.4 Å². The number of methoxy groups -OCH3 is 1. The van der Waals surface area contributed by atoms with Crippen molar-refractivity contribution in [3.05, 3.63) is 90.2 Å². The van der Waals surface area contributed by atoms with E-state index in [0.29, 0.717) is 17.1 Å². The molecular weight excluding hydrogens is 397 g/mol. The van der Waals surface area contributed by atoms with Gasteiger partial charge in [0.1, 0.15) is 17.6 Å². The Balaban J connectivity index is 1.76. The van der Waals surface area contributed by atoms with E-state index >= 15 is 0 Å². The third-order valence-electron chi connectivity index (χ3n) is 4.64.